The van der Waals surface area contributed by atoms with Gasteiger partial charge in [-0.25, -0.2) is 4.98 Å². The summed E-state index contributed by atoms with van der Waals surface area (Å²) in [4.78, 5) is 10.3. The molecule has 3 heterocycles. The summed E-state index contributed by atoms with van der Waals surface area (Å²) >= 11 is 1.66. The molecule has 3 rings (SSSR count). The Bertz CT molecular complexity index is 712. The van der Waals surface area contributed by atoms with E-state index >= 15 is 0 Å². The SMILES string of the molecule is CC(C)c1nc2scc(-c3ccccn3)n2c1CCN. The van der Waals surface area contributed by atoms with Gasteiger partial charge >= 0.3 is 0 Å². The van der Waals surface area contributed by atoms with Crippen LogP contribution in [0.1, 0.15) is 31.2 Å². The molecule has 0 aliphatic rings. The lowest BCUT2D eigenvalue weighted by atomic mass is 10.1. The Balaban J connectivity index is 2.24. The number of rotatable bonds is 4. The number of thiazole rings is 1. The van der Waals surface area contributed by atoms with E-state index in [9.17, 15) is 0 Å². The smallest absolute Gasteiger partial charge is 0.194 e. The third-order valence-electron chi connectivity index (χ3n) is 3.35. The van der Waals surface area contributed by atoms with Crippen LogP contribution in [-0.4, -0.2) is 20.9 Å². The average molecular weight is 286 g/mol. The predicted octanol–water partition coefficient (Wildman–Crippen LogP) is 3.08. The Morgan fingerprint density at radius 1 is 1.35 bits per heavy atom. The lowest BCUT2D eigenvalue weighted by Gasteiger charge is -2.07. The highest BCUT2D eigenvalue weighted by Crippen LogP contribution is 2.30. The molecular weight excluding hydrogens is 268 g/mol. The molecule has 0 amide bonds. The normalized spacial score (nSPS) is 11.6. The zero-order chi connectivity index (χ0) is 14.1. The van der Waals surface area contributed by atoms with Crippen LogP contribution in [-0.2, 0) is 6.42 Å². The standard InChI is InChI=1S/C15H18N4S/c1-10(2)14-12(6-7-16)19-13(9-20-15(19)18-14)11-5-3-4-8-17-11/h3-5,8-10H,6-7,16H2,1-2H3. The largest absolute Gasteiger partial charge is 0.330 e. The topological polar surface area (TPSA) is 56.2 Å². The van der Waals surface area contributed by atoms with Crippen molar-refractivity contribution in [2.75, 3.05) is 6.54 Å². The quantitative estimate of drug-likeness (QED) is 0.802. The third-order valence-corrected chi connectivity index (χ3v) is 4.17. The summed E-state index contributed by atoms with van der Waals surface area (Å²) in [6.45, 7) is 4.98. The molecule has 104 valence electrons. The van der Waals surface area contributed by atoms with Crippen LogP contribution in [0.25, 0.3) is 16.3 Å². The second kappa shape index (κ2) is 5.34. The van der Waals surface area contributed by atoms with E-state index in [1.54, 1.807) is 11.3 Å². The van der Waals surface area contributed by atoms with Crippen molar-refractivity contribution in [3.8, 4) is 11.4 Å². The van der Waals surface area contributed by atoms with Gasteiger partial charge in [0, 0.05) is 23.7 Å². The van der Waals surface area contributed by atoms with E-state index in [4.69, 9.17) is 10.7 Å². The average Bonchev–Trinajstić information content (AvgIpc) is 3.00. The maximum absolute atomic E-state index is 5.78. The minimum atomic E-state index is 0.403. The fraction of sp³-hybridized carbons (Fsp3) is 0.333. The molecule has 0 aliphatic heterocycles. The van der Waals surface area contributed by atoms with Crippen molar-refractivity contribution >= 4 is 16.3 Å². The van der Waals surface area contributed by atoms with Crippen LogP contribution in [0.3, 0.4) is 0 Å². The van der Waals surface area contributed by atoms with Crippen LogP contribution in [0.5, 0.6) is 0 Å². The van der Waals surface area contributed by atoms with Crippen LogP contribution >= 0.6 is 11.3 Å². The molecule has 0 aliphatic carbocycles. The predicted molar refractivity (Wildman–Crippen MR) is 83.1 cm³/mol. The highest BCUT2D eigenvalue weighted by Gasteiger charge is 2.19. The van der Waals surface area contributed by atoms with E-state index in [-0.39, 0.29) is 0 Å². The lowest BCUT2D eigenvalue weighted by Crippen LogP contribution is -2.08. The van der Waals surface area contributed by atoms with Gasteiger partial charge in [0.25, 0.3) is 0 Å². The van der Waals surface area contributed by atoms with Crippen molar-refractivity contribution in [2.24, 2.45) is 5.73 Å². The molecular formula is C15H18N4S. The van der Waals surface area contributed by atoms with Crippen molar-refractivity contribution in [1.82, 2.24) is 14.4 Å². The van der Waals surface area contributed by atoms with Gasteiger partial charge in [-0.3, -0.25) is 9.38 Å². The molecule has 5 heteroatoms. The Morgan fingerprint density at radius 2 is 2.20 bits per heavy atom. The number of pyridine rings is 1. The molecule has 0 saturated heterocycles. The van der Waals surface area contributed by atoms with E-state index in [0.717, 1.165) is 28.5 Å². The molecule has 20 heavy (non-hydrogen) atoms. The zero-order valence-corrected chi connectivity index (χ0v) is 12.5. The molecule has 0 saturated carbocycles. The number of fused-ring (bicyclic) bond motifs is 1. The first kappa shape index (κ1) is 13.3. The van der Waals surface area contributed by atoms with Crippen molar-refractivity contribution in [3.63, 3.8) is 0 Å². The maximum Gasteiger partial charge on any atom is 0.194 e. The molecule has 0 atom stereocenters. The number of hydrogen-bond donors (Lipinski definition) is 1. The van der Waals surface area contributed by atoms with Gasteiger partial charge in [0.2, 0.25) is 0 Å². The first-order chi connectivity index (χ1) is 9.72. The van der Waals surface area contributed by atoms with Crippen LogP contribution < -0.4 is 5.73 Å². The lowest BCUT2D eigenvalue weighted by molar-refractivity contribution is 0.792. The first-order valence-electron chi connectivity index (χ1n) is 6.82. The van der Waals surface area contributed by atoms with Gasteiger partial charge in [0.1, 0.15) is 0 Å². The van der Waals surface area contributed by atoms with E-state index in [1.165, 1.54) is 5.69 Å². The fourth-order valence-electron chi connectivity index (χ4n) is 2.46. The Labute approximate surface area is 122 Å². The first-order valence-corrected chi connectivity index (χ1v) is 7.70. The second-order valence-corrected chi connectivity index (χ2v) is 5.93. The minimum Gasteiger partial charge on any atom is -0.330 e. The van der Waals surface area contributed by atoms with E-state index in [0.29, 0.717) is 12.5 Å². The van der Waals surface area contributed by atoms with Gasteiger partial charge in [-0.1, -0.05) is 19.9 Å². The summed E-state index contributed by atoms with van der Waals surface area (Å²) in [7, 11) is 0. The molecule has 3 aromatic rings. The van der Waals surface area contributed by atoms with Gasteiger partial charge in [-0.05, 0) is 24.6 Å². The summed E-state index contributed by atoms with van der Waals surface area (Å²) in [6, 6.07) is 5.97. The van der Waals surface area contributed by atoms with Gasteiger partial charge in [0.05, 0.1) is 17.1 Å². The van der Waals surface area contributed by atoms with Gasteiger partial charge < -0.3 is 5.73 Å². The third kappa shape index (κ3) is 2.13. The van der Waals surface area contributed by atoms with E-state index < -0.39 is 0 Å². The number of nitrogens with zero attached hydrogens (tertiary/aromatic N) is 3. The van der Waals surface area contributed by atoms with Gasteiger partial charge in [0.15, 0.2) is 4.96 Å². The summed E-state index contributed by atoms with van der Waals surface area (Å²) in [5.41, 5.74) is 10.2. The van der Waals surface area contributed by atoms with Gasteiger partial charge in [-0.15, -0.1) is 11.3 Å². The Hall–Kier alpha value is -1.72. The van der Waals surface area contributed by atoms with Crippen LogP contribution in [0.4, 0.5) is 0 Å². The van der Waals surface area contributed by atoms with Gasteiger partial charge in [-0.2, -0.15) is 0 Å². The molecule has 3 aromatic heterocycles. The summed E-state index contributed by atoms with van der Waals surface area (Å²) in [6.07, 6.45) is 2.66. The van der Waals surface area contributed by atoms with E-state index in [2.05, 4.69) is 28.6 Å². The zero-order valence-electron chi connectivity index (χ0n) is 11.7. The molecule has 0 radical (unpaired) electrons. The van der Waals surface area contributed by atoms with Crippen LogP contribution in [0, 0.1) is 0 Å². The molecule has 0 bridgehead atoms. The highest BCUT2D eigenvalue weighted by atomic mass is 32.1. The number of hydrogen-bond acceptors (Lipinski definition) is 4. The Kier molecular flexibility index (Phi) is 3.54. The molecule has 0 aromatic carbocycles. The summed E-state index contributed by atoms with van der Waals surface area (Å²) in [5.74, 6) is 0.403. The van der Waals surface area contributed by atoms with Crippen LogP contribution in [0.2, 0.25) is 0 Å². The second-order valence-electron chi connectivity index (χ2n) is 5.09. The van der Waals surface area contributed by atoms with Crippen LogP contribution in [0.15, 0.2) is 29.8 Å². The summed E-state index contributed by atoms with van der Waals surface area (Å²) < 4.78 is 2.22. The highest BCUT2D eigenvalue weighted by molar-refractivity contribution is 7.15. The summed E-state index contributed by atoms with van der Waals surface area (Å²) in [5, 5.41) is 2.12. The number of nitrogens with two attached hydrogens (primary N) is 1. The molecule has 0 fully saturated rings. The molecule has 2 N–H and O–H groups in total. The number of aromatic nitrogens is 3. The van der Waals surface area contributed by atoms with Crippen molar-refractivity contribution in [1.29, 1.82) is 0 Å². The van der Waals surface area contributed by atoms with Crippen molar-refractivity contribution in [3.05, 3.63) is 41.2 Å². The fourth-order valence-corrected chi connectivity index (χ4v) is 3.37. The molecule has 0 spiro atoms. The molecule has 0 unspecified atom stereocenters. The number of imidazole rings is 1. The Morgan fingerprint density at radius 3 is 2.85 bits per heavy atom. The molecule has 4 nitrogen and oxygen atoms in total. The maximum atomic E-state index is 5.78. The van der Waals surface area contributed by atoms with Crippen molar-refractivity contribution in [2.45, 2.75) is 26.2 Å². The minimum absolute atomic E-state index is 0.403. The monoisotopic (exact) mass is 286 g/mol. The van der Waals surface area contributed by atoms with Crippen molar-refractivity contribution < 1.29 is 0 Å². The van der Waals surface area contributed by atoms with E-state index in [1.807, 2.05) is 24.4 Å².